The maximum Gasteiger partial charge on any atom is 0.416 e. The monoisotopic (exact) mass is 409 g/mol. The Balaban J connectivity index is 2.26. The molecule has 5 nitrogen and oxygen atoms in total. The molecule has 0 heterocycles. The number of hydrogen-bond acceptors (Lipinski definition) is 3. The second kappa shape index (κ2) is 7.39. The number of hydrogen-bond donors (Lipinski definition) is 2. The van der Waals surface area contributed by atoms with Crippen molar-refractivity contribution in [3.05, 3.63) is 63.7 Å². The van der Waals surface area contributed by atoms with E-state index < -0.39 is 34.1 Å². The van der Waals surface area contributed by atoms with Gasteiger partial charge in [-0.15, -0.1) is 0 Å². The highest BCUT2D eigenvalue weighted by Crippen LogP contribution is 2.37. The Morgan fingerprint density at radius 2 is 1.41 bits per heavy atom. The lowest BCUT2D eigenvalue weighted by atomic mass is 10.1. The van der Waals surface area contributed by atoms with Crippen LogP contribution < -0.4 is 10.6 Å². The highest BCUT2D eigenvalue weighted by Gasteiger charge is 2.37. The molecule has 0 aliphatic carbocycles. The zero-order valence-electron chi connectivity index (χ0n) is 13.0. The van der Waals surface area contributed by atoms with Gasteiger partial charge in [0.2, 0.25) is 0 Å². The van der Waals surface area contributed by atoms with Gasteiger partial charge in [-0.05, 0) is 36.5 Å². The number of nitro benzene ring substituents is 1. The number of nitro groups is 1. The van der Waals surface area contributed by atoms with Crippen LogP contribution in [0.4, 0.5) is 43.4 Å². The molecule has 12 heteroatoms. The fourth-order valence-electron chi connectivity index (χ4n) is 2.02. The van der Waals surface area contributed by atoms with Crippen LogP contribution in [0.25, 0.3) is 0 Å². The number of rotatable bonds is 3. The smallest absolute Gasteiger partial charge is 0.332 e. The summed E-state index contributed by atoms with van der Waals surface area (Å²) in [5.41, 5.74) is -3.69. The molecule has 0 radical (unpaired) electrons. The molecule has 0 aromatic heterocycles. The van der Waals surface area contributed by atoms with Gasteiger partial charge in [0, 0.05) is 23.5 Å². The van der Waals surface area contributed by atoms with Crippen LogP contribution in [0, 0.1) is 10.1 Å². The SMILES string of the molecule is O=[N+]([O-])c1cccc(NC(=S)Nc2cc(C(F)(F)F)cc(C(F)(F)F)c2)c1. The van der Waals surface area contributed by atoms with E-state index in [0.29, 0.717) is 12.1 Å². The molecule has 0 unspecified atom stereocenters. The Morgan fingerprint density at radius 1 is 0.889 bits per heavy atom. The van der Waals surface area contributed by atoms with Crippen molar-refractivity contribution in [1.29, 1.82) is 0 Å². The van der Waals surface area contributed by atoms with E-state index in [1.165, 1.54) is 18.2 Å². The molecule has 0 amide bonds. The van der Waals surface area contributed by atoms with Gasteiger partial charge in [-0.25, -0.2) is 0 Å². The van der Waals surface area contributed by atoms with E-state index in [1.54, 1.807) is 0 Å². The molecule has 144 valence electrons. The Morgan fingerprint density at radius 3 is 1.89 bits per heavy atom. The Labute approximate surface area is 153 Å². The summed E-state index contributed by atoms with van der Waals surface area (Å²) >= 11 is 4.85. The molecule has 0 aliphatic heterocycles. The first-order valence-electron chi connectivity index (χ1n) is 6.98. The lowest BCUT2D eigenvalue weighted by molar-refractivity contribution is -0.384. The normalized spacial score (nSPS) is 11.8. The van der Waals surface area contributed by atoms with Crippen molar-refractivity contribution in [3.8, 4) is 0 Å². The van der Waals surface area contributed by atoms with Gasteiger partial charge in [0.25, 0.3) is 5.69 Å². The minimum Gasteiger partial charge on any atom is -0.332 e. The predicted molar refractivity (Wildman–Crippen MR) is 89.4 cm³/mol. The highest BCUT2D eigenvalue weighted by atomic mass is 32.1. The molecular weight excluding hydrogens is 400 g/mol. The van der Waals surface area contributed by atoms with Gasteiger partial charge >= 0.3 is 12.4 Å². The van der Waals surface area contributed by atoms with Crippen LogP contribution in [0.3, 0.4) is 0 Å². The maximum absolute atomic E-state index is 12.8. The van der Waals surface area contributed by atoms with Gasteiger partial charge in [0.05, 0.1) is 16.1 Å². The molecule has 0 bridgehead atoms. The van der Waals surface area contributed by atoms with Gasteiger partial charge in [-0.1, -0.05) is 6.07 Å². The summed E-state index contributed by atoms with van der Waals surface area (Å²) in [6.45, 7) is 0. The van der Waals surface area contributed by atoms with Crippen LogP contribution in [0.5, 0.6) is 0 Å². The summed E-state index contributed by atoms with van der Waals surface area (Å²) in [5, 5.41) is 15.0. The molecule has 0 atom stereocenters. The average molecular weight is 409 g/mol. The first kappa shape index (κ1) is 20.4. The third kappa shape index (κ3) is 5.54. The Kier molecular flexibility index (Phi) is 5.59. The van der Waals surface area contributed by atoms with Gasteiger partial charge in [0.15, 0.2) is 5.11 Å². The molecule has 2 rings (SSSR count). The number of alkyl halides is 6. The lowest BCUT2D eigenvalue weighted by Gasteiger charge is -2.16. The summed E-state index contributed by atoms with van der Waals surface area (Å²) in [7, 11) is 0. The van der Waals surface area contributed by atoms with E-state index in [4.69, 9.17) is 12.2 Å². The van der Waals surface area contributed by atoms with Gasteiger partial charge in [0.1, 0.15) is 0 Å². The molecule has 0 saturated heterocycles. The van der Waals surface area contributed by atoms with Crippen LogP contribution in [0.1, 0.15) is 11.1 Å². The number of nitrogens with one attached hydrogen (secondary N) is 2. The fourth-order valence-corrected chi connectivity index (χ4v) is 2.25. The van der Waals surface area contributed by atoms with Crippen molar-refractivity contribution in [2.45, 2.75) is 12.4 Å². The largest absolute Gasteiger partial charge is 0.416 e. The first-order chi connectivity index (χ1) is 12.4. The zero-order valence-corrected chi connectivity index (χ0v) is 13.8. The molecule has 0 fully saturated rings. The number of non-ortho nitro benzene ring substituents is 1. The average Bonchev–Trinajstić information content (AvgIpc) is 2.53. The quantitative estimate of drug-likeness (QED) is 0.306. The van der Waals surface area contributed by atoms with Gasteiger partial charge < -0.3 is 10.6 Å². The summed E-state index contributed by atoms with van der Waals surface area (Å²) in [6.07, 6.45) is -9.99. The molecular formula is C15H9F6N3O2S. The number of anilines is 2. The Hall–Kier alpha value is -2.89. The van der Waals surface area contributed by atoms with E-state index in [-0.39, 0.29) is 22.6 Å². The van der Waals surface area contributed by atoms with Crippen LogP contribution in [0.15, 0.2) is 42.5 Å². The van der Waals surface area contributed by atoms with Crippen molar-refractivity contribution < 1.29 is 31.3 Å². The third-order valence-corrected chi connectivity index (χ3v) is 3.36. The maximum atomic E-state index is 12.8. The molecule has 2 aromatic carbocycles. The first-order valence-corrected chi connectivity index (χ1v) is 7.39. The van der Waals surface area contributed by atoms with E-state index in [9.17, 15) is 36.5 Å². The lowest BCUT2D eigenvalue weighted by Crippen LogP contribution is -2.20. The minimum atomic E-state index is -4.99. The highest BCUT2D eigenvalue weighted by molar-refractivity contribution is 7.80. The molecule has 0 saturated carbocycles. The number of nitrogens with zero attached hydrogens (tertiary/aromatic N) is 1. The zero-order chi connectivity index (χ0) is 20.4. The topological polar surface area (TPSA) is 67.2 Å². The number of thiocarbonyl (C=S) groups is 1. The van der Waals surface area contributed by atoms with E-state index in [1.807, 2.05) is 0 Å². The van der Waals surface area contributed by atoms with Crippen LogP contribution >= 0.6 is 12.2 Å². The fraction of sp³-hybridized carbons (Fsp3) is 0.133. The number of benzene rings is 2. The molecule has 0 aliphatic rings. The molecule has 27 heavy (non-hydrogen) atoms. The van der Waals surface area contributed by atoms with Crippen LogP contribution in [0.2, 0.25) is 0 Å². The Bertz CT molecular complexity index is 850. The van der Waals surface area contributed by atoms with E-state index >= 15 is 0 Å². The predicted octanol–water partition coefficient (Wildman–Crippen LogP) is 5.44. The molecule has 2 aromatic rings. The van der Waals surface area contributed by atoms with Crippen molar-refractivity contribution >= 4 is 34.4 Å². The van der Waals surface area contributed by atoms with Crippen molar-refractivity contribution in [2.24, 2.45) is 0 Å². The number of halogens is 6. The van der Waals surface area contributed by atoms with Crippen LogP contribution in [-0.2, 0) is 12.4 Å². The summed E-state index contributed by atoms with van der Waals surface area (Å²) < 4.78 is 77.0. The van der Waals surface area contributed by atoms with E-state index in [0.717, 1.165) is 6.07 Å². The summed E-state index contributed by atoms with van der Waals surface area (Å²) in [6, 6.07) is 5.93. The third-order valence-electron chi connectivity index (χ3n) is 3.16. The van der Waals surface area contributed by atoms with Gasteiger partial charge in [-0.2, -0.15) is 26.3 Å². The summed E-state index contributed by atoms with van der Waals surface area (Å²) in [5.74, 6) is 0. The van der Waals surface area contributed by atoms with Crippen molar-refractivity contribution in [3.63, 3.8) is 0 Å². The van der Waals surface area contributed by atoms with E-state index in [2.05, 4.69) is 10.6 Å². The summed E-state index contributed by atoms with van der Waals surface area (Å²) in [4.78, 5) is 10.0. The van der Waals surface area contributed by atoms with Crippen molar-refractivity contribution in [2.75, 3.05) is 10.6 Å². The second-order valence-electron chi connectivity index (χ2n) is 5.18. The van der Waals surface area contributed by atoms with Crippen molar-refractivity contribution in [1.82, 2.24) is 0 Å². The molecule has 2 N–H and O–H groups in total. The second-order valence-corrected chi connectivity index (χ2v) is 5.59. The standard InChI is InChI=1S/C15H9F6N3O2S/c16-14(17,18)8-4-9(15(19,20)21)6-11(5-8)23-13(27)22-10-2-1-3-12(7-10)24(25)26/h1-7H,(H2,22,23,27). The van der Waals surface area contributed by atoms with Gasteiger partial charge in [-0.3, -0.25) is 10.1 Å². The molecule has 0 spiro atoms. The van der Waals surface area contributed by atoms with Crippen LogP contribution in [-0.4, -0.2) is 10.0 Å². The minimum absolute atomic E-state index is 0.0117.